The number of alkyl halides is 3. The van der Waals surface area contributed by atoms with Crippen LogP contribution >= 0.6 is 0 Å². The Morgan fingerprint density at radius 1 is 0.960 bits per heavy atom. The minimum Gasteiger partial charge on any atom is -0.287 e. The van der Waals surface area contributed by atoms with Gasteiger partial charge in [0, 0.05) is 22.7 Å². The molecule has 25 heavy (non-hydrogen) atoms. The molecule has 0 spiro atoms. The highest BCUT2D eigenvalue weighted by molar-refractivity contribution is 6.59. The zero-order valence-corrected chi connectivity index (χ0v) is 12.6. The topological polar surface area (TPSA) is 54.4 Å². The Morgan fingerprint density at radius 2 is 1.68 bits per heavy atom. The van der Waals surface area contributed by atoms with E-state index in [-0.39, 0.29) is 17.3 Å². The standard InChI is InChI=1S/C18H10F3N3O/c19-18(20,21)11-7-8-14(22-9-11)23-24-16-12-5-1-3-10-4-2-6-13(15(10)12)17(16)25/h1-9H,(H,22,23)/b24-16-. The largest absolute Gasteiger partial charge is 0.417 e. The molecule has 0 bridgehead atoms. The number of rotatable bonds is 2. The summed E-state index contributed by atoms with van der Waals surface area (Å²) in [6.07, 6.45) is -3.73. The highest BCUT2D eigenvalue weighted by Crippen LogP contribution is 2.31. The van der Waals surface area contributed by atoms with Gasteiger partial charge >= 0.3 is 6.18 Å². The lowest BCUT2D eigenvalue weighted by Crippen LogP contribution is -2.12. The quantitative estimate of drug-likeness (QED) is 0.709. The summed E-state index contributed by atoms with van der Waals surface area (Å²) in [6, 6.07) is 13.0. The molecule has 0 unspecified atom stereocenters. The number of pyridine rings is 1. The molecule has 1 aromatic heterocycles. The van der Waals surface area contributed by atoms with Crippen molar-refractivity contribution in [3.63, 3.8) is 0 Å². The highest BCUT2D eigenvalue weighted by Gasteiger charge is 2.31. The van der Waals surface area contributed by atoms with Crippen molar-refractivity contribution < 1.29 is 18.0 Å². The van der Waals surface area contributed by atoms with Crippen LogP contribution in [0, 0.1) is 0 Å². The van der Waals surface area contributed by atoms with E-state index in [2.05, 4.69) is 15.5 Å². The number of benzene rings is 2. The number of hydrazone groups is 1. The number of hydrogen-bond acceptors (Lipinski definition) is 4. The van der Waals surface area contributed by atoms with E-state index in [4.69, 9.17) is 0 Å². The molecule has 7 heteroatoms. The fourth-order valence-corrected chi connectivity index (χ4v) is 2.83. The van der Waals surface area contributed by atoms with E-state index < -0.39 is 11.7 Å². The van der Waals surface area contributed by atoms with Crippen LogP contribution in [0.1, 0.15) is 21.5 Å². The molecule has 0 aliphatic heterocycles. The van der Waals surface area contributed by atoms with Crippen LogP contribution in [0.25, 0.3) is 10.8 Å². The van der Waals surface area contributed by atoms with E-state index in [1.165, 1.54) is 6.07 Å². The van der Waals surface area contributed by atoms with E-state index in [0.717, 1.165) is 16.8 Å². The van der Waals surface area contributed by atoms with Crippen molar-refractivity contribution in [3.05, 3.63) is 71.4 Å². The first-order chi connectivity index (χ1) is 11.9. The fourth-order valence-electron chi connectivity index (χ4n) is 2.83. The summed E-state index contributed by atoms with van der Waals surface area (Å²) in [4.78, 5) is 16.2. The van der Waals surface area contributed by atoms with Gasteiger partial charge in [-0.15, -0.1) is 0 Å². The summed E-state index contributed by atoms with van der Waals surface area (Å²) in [6.45, 7) is 0. The summed E-state index contributed by atoms with van der Waals surface area (Å²) < 4.78 is 37.6. The Bertz CT molecular complexity index is 1020. The first-order valence-corrected chi connectivity index (χ1v) is 7.39. The molecule has 0 radical (unpaired) electrons. The zero-order valence-electron chi connectivity index (χ0n) is 12.6. The Kier molecular flexibility index (Phi) is 3.31. The van der Waals surface area contributed by atoms with Gasteiger partial charge in [0.2, 0.25) is 5.78 Å². The van der Waals surface area contributed by atoms with Crippen molar-refractivity contribution >= 4 is 28.1 Å². The van der Waals surface area contributed by atoms with E-state index in [9.17, 15) is 18.0 Å². The van der Waals surface area contributed by atoms with Crippen molar-refractivity contribution in [1.82, 2.24) is 4.98 Å². The van der Waals surface area contributed by atoms with Crippen LogP contribution in [0.15, 0.2) is 59.8 Å². The van der Waals surface area contributed by atoms with E-state index in [1.807, 2.05) is 18.2 Å². The minimum absolute atomic E-state index is 0.122. The molecule has 0 saturated carbocycles. The van der Waals surface area contributed by atoms with Gasteiger partial charge in [0.15, 0.2) is 0 Å². The van der Waals surface area contributed by atoms with Gasteiger partial charge in [0.05, 0.1) is 5.56 Å². The number of carbonyl (C=O) groups is 1. The molecule has 0 saturated heterocycles. The predicted molar refractivity (Wildman–Crippen MR) is 87.7 cm³/mol. The molecule has 1 heterocycles. The molecular weight excluding hydrogens is 331 g/mol. The molecule has 3 aromatic rings. The maximum Gasteiger partial charge on any atom is 0.417 e. The van der Waals surface area contributed by atoms with Gasteiger partial charge in [0.1, 0.15) is 11.5 Å². The lowest BCUT2D eigenvalue weighted by atomic mass is 10.1. The van der Waals surface area contributed by atoms with Gasteiger partial charge in [0.25, 0.3) is 0 Å². The highest BCUT2D eigenvalue weighted by atomic mass is 19.4. The molecule has 1 aliphatic rings. The monoisotopic (exact) mass is 341 g/mol. The third-order valence-corrected chi connectivity index (χ3v) is 3.99. The second-order valence-electron chi connectivity index (χ2n) is 5.54. The van der Waals surface area contributed by atoms with Gasteiger partial charge in [-0.3, -0.25) is 10.2 Å². The summed E-state index contributed by atoms with van der Waals surface area (Å²) >= 11 is 0. The van der Waals surface area contributed by atoms with Crippen LogP contribution in [0.5, 0.6) is 0 Å². The molecule has 0 atom stereocenters. The third kappa shape index (κ3) is 2.53. The fraction of sp³-hybridized carbons (Fsp3) is 0.0556. The lowest BCUT2D eigenvalue weighted by molar-refractivity contribution is -0.137. The SMILES string of the molecule is O=C1/C(=N\Nc2ccc(C(F)(F)F)cn2)c2cccc3cccc1c23. The van der Waals surface area contributed by atoms with Crippen LogP contribution in [-0.2, 0) is 6.18 Å². The van der Waals surface area contributed by atoms with Gasteiger partial charge in [-0.1, -0.05) is 36.4 Å². The Balaban J connectivity index is 1.67. The number of carbonyl (C=O) groups excluding carboxylic acids is 1. The van der Waals surface area contributed by atoms with E-state index in [1.54, 1.807) is 18.2 Å². The second-order valence-corrected chi connectivity index (χ2v) is 5.54. The molecular formula is C18H10F3N3O. The van der Waals surface area contributed by atoms with Crippen molar-refractivity contribution in [1.29, 1.82) is 0 Å². The minimum atomic E-state index is -4.45. The average molecular weight is 341 g/mol. The number of ketones is 1. The van der Waals surface area contributed by atoms with Gasteiger partial charge < -0.3 is 0 Å². The van der Waals surface area contributed by atoms with Crippen LogP contribution in [-0.4, -0.2) is 16.5 Å². The number of aromatic nitrogens is 1. The summed E-state index contributed by atoms with van der Waals surface area (Å²) in [7, 11) is 0. The third-order valence-electron chi connectivity index (χ3n) is 3.99. The zero-order chi connectivity index (χ0) is 17.6. The van der Waals surface area contributed by atoms with E-state index in [0.29, 0.717) is 17.3 Å². The van der Waals surface area contributed by atoms with Crippen molar-refractivity contribution in [3.8, 4) is 0 Å². The summed E-state index contributed by atoms with van der Waals surface area (Å²) in [5.41, 5.74) is 3.19. The maximum absolute atomic E-state index is 12.5. The van der Waals surface area contributed by atoms with Crippen LogP contribution in [0.2, 0.25) is 0 Å². The average Bonchev–Trinajstić information content (AvgIpc) is 2.87. The second kappa shape index (κ2) is 5.41. The molecule has 1 aliphatic carbocycles. The van der Waals surface area contributed by atoms with Crippen molar-refractivity contribution in [2.24, 2.45) is 5.10 Å². The number of nitrogens with zero attached hydrogens (tertiary/aromatic N) is 2. The number of hydrogen-bond donors (Lipinski definition) is 1. The Hall–Kier alpha value is -3.22. The number of Topliss-reactive ketones (excluding diaryl/α,β-unsaturated/α-hetero) is 1. The van der Waals surface area contributed by atoms with Crippen LogP contribution in [0.4, 0.5) is 19.0 Å². The lowest BCUT2D eigenvalue weighted by Gasteiger charge is -2.06. The molecule has 2 aromatic carbocycles. The van der Waals surface area contributed by atoms with Crippen molar-refractivity contribution in [2.75, 3.05) is 5.43 Å². The Labute approximate surface area is 140 Å². The number of anilines is 1. The van der Waals surface area contributed by atoms with Gasteiger partial charge in [-0.25, -0.2) is 4.98 Å². The van der Waals surface area contributed by atoms with E-state index >= 15 is 0 Å². The number of nitrogens with one attached hydrogen (secondary N) is 1. The molecule has 1 N–H and O–H groups in total. The van der Waals surface area contributed by atoms with Crippen molar-refractivity contribution in [2.45, 2.75) is 6.18 Å². The van der Waals surface area contributed by atoms with Gasteiger partial charge in [-0.05, 0) is 17.5 Å². The summed E-state index contributed by atoms with van der Waals surface area (Å²) in [5.74, 6) is -0.109. The molecule has 4 rings (SSSR count). The molecule has 0 fully saturated rings. The normalized spacial score (nSPS) is 15.2. The summed E-state index contributed by atoms with van der Waals surface area (Å²) in [5, 5.41) is 5.84. The number of halogens is 3. The smallest absolute Gasteiger partial charge is 0.287 e. The molecule has 0 amide bonds. The maximum atomic E-state index is 12.5. The van der Waals surface area contributed by atoms with Gasteiger partial charge in [-0.2, -0.15) is 18.3 Å². The first-order valence-electron chi connectivity index (χ1n) is 7.39. The molecule has 124 valence electrons. The first kappa shape index (κ1) is 15.3. The van der Waals surface area contributed by atoms with Crippen LogP contribution < -0.4 is 5.43 Å². The van der Waals surface area contributed by atoms with Crippen LogP contribution in [0.3, 0.4) is 0 Å². The Morgan fingerprint density at radius 3 is 2.32 bits per heavy atom. The predicted octanol–water partition coefficient (Wildman–Crippen LogP) is 4.27. The molecule has 4 nitrogen and oxygen atoms in total.